The molecule has 0 unspecified atom stereocenters. The molecule has 0 saturated carbocycles. The summed E-state index contributed by atoms with van der Waals surface area (Å²) in [6.07, 6.45) is 0.0380. The van der Waals surface area contributed by atoms with E-state index in [2.05, 4.69) is 39.2 Å². The lowest BCUT2D eigenvalue weighted by Crippen LogP contribution is -2.47. The molecule has 2 aromatic rings. The fraction of sp³-hybridized carbons (Fsp3) is 0.333. The Morgan fingerprint density at radius 2 is 1.61 bits per heavy atom. The van der Waals surface area contributed by atoms with Gasteiger partial charge in [0, 0.05) is 11.5 Å². The van der Waals surface area contributed by atoms with Crippen LogP contribution in [0.1, 0.15) is 23.6 Å². The van der Waals surface area contributed by atoms with Crippen LogP contribution >= 0.6 is 0 Å². The zero-order valence-corrected chi connectivity index (χ0v) is 12.9. The van der Waals surface area contributed by atoms with Crippen molar-refractivity contribution in [2.45, 2.75) is 24.6 Å². The molecule has 1 fully saturated rings. The molecular formula is C18H20N4O. The van der Waals surface area contributed by atoms with Crippen LogP contribution in [0, 0.1) is 0 Å². The van der Waals surface area contributed by atoms with E-state index in [9.17, 15) is 5.11 Å². The van der Waals surface area contributed by atoms with Crippen LogP contribution < -0.4 is 0 Å². The highest BCUT2D eigenvalue weighted by molar-refractivity contribution is 5.32. The minimum absolute atomic E-state index is 0.0964. The molecule has 0 radical (unpaired) electrons. The minimum Gasteiger partial charge on any atom is -0.391 e. The fourth-order valence-electron chi connectivity index (χ4n) is 3.26. The van der Waals surface area contributed by atoms with E-state index in [-0.39, 0.29) is 12.1 Å². The maximum absolute atomic E-state index is 10.3. The molecule has 5 heteroatoms. The smallest absolute Gasteiger partial charge is 0.0752 e. The predicted octanol–water partition coefficient (Wildman–Crippen LogP) is 3.52. The van der Waals surface area contributed by atoms with Crippen LogP contribution in [0.25, 0.3) is 10.4 Å². The Morgan fingerprint density at radius 3 is 2.09 bits per heavy atom. The Morgan fingerprint density at radius 1 is 1.04 bits per heavy atom. The first kappa shape index (κ1) is 15.6. The molecule has 1 aliphatic rings. The molecular weight excluding hydrogens is 288 g/mol. The van der Waals surface area contributed by atoms with Gasteiger partial charge in [0.2, 0.25) is 0 Å². The molecule has 0 spiro atoms. The second-order valence-corrected chi connectivity index (χ2v) is 5.85. The van der Waals surface area contributed by atoms with Gasteiger partial charge in [-0.2, -0.15) is 0 Å². The average molecular weight is 308 g/mol. The van der Waals surface area contributed by atoms with Crippen LogP contribution in [-0.2, 0) is 0 Å². The number of aliphatic hydroxyl groups is 1. The molecule has 0 amide bonds. The van der Waals surface area contributed by atoms with Crippen molar-refractivity contribution in [2.24, 2.45) is 5.11 Å². The Bertz CT molecular complexity index is 630. The van der Waals surface area contributed by atoms with E-state index in [4.69, 9.17) is 5.53 Å². The highest BCUT2D eigenvalue weighted by Gasteiger charge is 2.32. The maximum atomic E-state index is 10.3. The largest absolute Gasteiger partial charge is 0.391 e. The van der Waals surface area contributed by atoms with Gasteiger partial charge in [-0.25, -0.2) is 0 Å². The van der Waals surface area contributed by atoms with E-state index in [0.717, 1.165) is 6.54 Å². The number of β-amino-alcohol motifs (C(OH)–C–C–N with tert-alkyl or cyclic N) is 1. The van der Waals surface area contributed by atoms with Gasteiger partial charge in [0.15, 0.2) is 0 Å². The molecule has 0 aliphatic carbocycles. The third-order valence-corrected chi connectivity index (χ3v) is 4.37. The quantitative estimate of drug-likeness (QED) is 0.533. The Hall–Kier alpha value is -2.33. The van der Waals surface area contributed by atoms with Crippen molar-refractivity contribution in [3.63, 3.8) is 0 Å². The van der Waals surface area contributed by atoms with Crippen molar-refractivity contribution in [3.8, 4) is 0 Å². The van der Waals surface area contributed by atoms with Crippen LogP contribution in [0.4, 0.5) is 0 Å². The molecule has 118 valence electrons. The van der Waals surface area contributed by atoms with Gasteiger partial charge < -0.3 is 5.11 Å². The van der Waals surface area contributed by atoms with E-state index in [1.165, 1.54) is 11.1 Å². The molecule has 0 aromatic heterocycles. The number of aliphatic hydroxyl groups excluding tert-OH is 1. The number of likely N-dealkylation sites (tertiary alicyclic amines) is 1. The van der Waals surface area contributed by atoms with Crippen molar-refractivity contribution in [3.05, 3.63) is 82.2 Å². The monoisotopic (exact) mass is 308 g/mol. The number of azide groups is 1. The summed E-state index contributed by atoms with van der Waals surface area (Å²) in [7, 11) is 0. The van der Waals surface area contributed by atoms with E-state index < -0.39 is 6.10 Å². The van der Waals surface area contributed by atoms with Crippen molar-refractivity contribution in [2.75, 3.05) is 13.1 Å². The fourth-order valence-corrected chi connectivity index (χ4v) is 3.26. The zero-order chi connectivity index (χ0) is 16.1. The summed E-state index contributed by atoms with van der Waals surface area (Å²) in [5.74, 6) is 0. The van der Waals surface area contributed by atoms with Crippen LogP contribution in [0.5, 0.6) is 0 Å². The first-order valence-electron chi connectivity index (χ1n) is 7.86. The van der Waals surface area contributed by atoms with Crippen LogP contribution in [-0.4, -0.2) is 35.2 Å². The van der Waals surface area contributed by atoms with Crippen molar-refractivity contribution >= 4 is 0 Å². The van der Waals surface area contributed by atoms with Gasteiger partial charge in [0.05, 0.1) is 18.2 Å². The molecule has 1 aliphatic heterocycles. The summed E-state index contributed by atoms with van der Waals surface area (Å²) in [5.41, 5.74) is 11.0. The number of rotatable bonds is 4. The summed E-state index contributed by atoms with van der Waals surface area (Å²) < 4.78 is 0. The standard InChI is InChI=1S/C18H20N4O/c19-21-20-16-11-12-22(13-17(16)23)18(14-7-3-1-4-8-14)15-9-5-2-6-10-15/h1-10,16-18,23H,11-13H2/t16-,17-/m1/s1. The SMILES string of the molecule is [N-]=[N+]=N[C@@H]1CCN(C(c2ccccc2)c2ccccc2)C[C@H]1O. The molecule has 3 rings (SSSR count). The Kier molecular flexibility index (Phi) is 4.93. The molecule has 1 saturated heterocycles. The third-order valence-electron chi connectivity index (χ3n) is 4.37. The van der Waals surface area contributed by atoms with Crippen LogP contribution in [0.15, 0.2) is 65.8 Å². The first-order valence-corrected chi connectivity index (χ1v) is 7.86. The highest BCUT2D eigenvalue weighted by atomic mass is 16.3. The number of hydrogen-bond acceptors (Lipinski definition) is 3. The molecule has 0 bridgehead atoms. The van der Waals surface area contributed by atoms with Gasteiger partial charge in [-0.15, -0.1) is 0 Å². The van der Waals surface area contributed by atoms with E-state index in [1.54, 1.807) is 0 Å². The zero-order valence-electron chi connectivity index (χ0n) is 12.9. The average Bonchev–Trinajstić information content (AvgIpc) is 2.60. The molecule has 1 heterocycles. The van der Waals surface area contributed by atoms with Gasteiger partial charge in [0.1, 0.15) is 0 Å². The van der Waals surface area contributed by atoms with Gasteiger partial charge in [-0.1, -0.05) is 65.8 Å². The predicted molar refractivity (Wildman–Crippen MR) is 89.9 cm³/mol. The Labute approximate surface area is 135 Å². The van der Waals surface area contributed by atoms with Gasteiger partial charge in [-0.3, -0.25) is 4.90 Å². The van der Waals surface area contributed by atoms with Gasteiger partial charge in [-0.05, 0) is 29.6 Å². The van der Waals surface area contributed by atoms with E-state index in [1.807, 2.05) is 36.4 Å². The summed E-state index contributed by atoms with van der Waals surface area (Å²) >= 11 is 0. The molecule has 1 N–H and O–H groups in total. The number of benzene rings is 2. The summed E-state index contributed by atoms with van der Waals surface area (Å²) in [6.45, 7) is 1.29. The first-order chi connectivity index (χ1) is 11.3. The summed E-state index contributed by atoms with van der Waals surface area (Å²) in [4.78, 5) is 5.11. The molecule has 2 aromatic carbocycles. The molecule has 23 heavy (non-hydrogen) atoms. The van der Waals surface area contributed by atoms with Crippen molar-refractivity contribution < 1.29 is 5.11 Å². The molecule has 5 nitrogen and oxygen atoms in total. The minimum atomic E-state index is -0.630. The van der Waals surface area contributed by atoms with Crippen molar-refractivity contribution in [1.82, 2.24) is 4.90 Å². The number of hydrogen-bond donors (Lipinski definition) is 1. The number of piperidine rings is 1. The van der Waals surface area contributed by atoms with Gasteiger partial charge in [0.25, 0.3) is 0 Å². The number of nitrogens with zero attached hydrogens (tertiary/aromatic N) is 4. The second-order valence-electron chi connectivity index (χ2n) is 5.85. The highest BCUT2D eigenvalue weighted by Crippen LogP contribution is 2.31. The lowest BCUT2D eigenvalue weighted by Gasteiger charge is -2.39. The van der Waals surface area contributed by atoms with Gasteiger partial charge >= 0.3 is 0 Å². The maximum Gasteiger partial charge on any atom is 0.0752 e. The summed E-state index contributed by atoms with van der Waals surface area (Å²) in [6, 6.07) is 20.4. The van der Waals surface area contributed by atoms with Crippen LogP contribution in [0.3, 0.4) is 0 Å². The van der Waals surface area contributed by atoms with E-state index >= 15 is 0 Å². The van der Waals surface area contributed by atoms with E-state index in [0.29, 0.717) is 13.0 Å². The van der Waals surface area contributed by atoms with Crippen molar-refractivity contribution in [1.29, 1.82) is 0 Å². The Balaban J connectivity index is 1.90. The topological polar surface area (TPSA) is 72.2 Å². The van der Waals surface area contributed by atoms with Crippen LogP contribution in [0.2, 0.25) is 0 Å². The lowest BCUT2D eigenvalue weighted by atomic mass is 9.93. The third kappa shape index (κ3) is 3.54. The lowest BCUT2D eigenvalue weighted by molar-refractivity contribution is 0.0395. The molecule has 2 atom stereocenters. The summed E-state index contributed by atoms with van der Waals surface area (Å²) in [5, 5.41) is 14.0. The normalized spacial score (nSPS) is 21.8. The second kappa shape index (κ2) is 7.29.